The van der Waals surface area contributed by atoms with Crippen LogP contribution >= 0.6 is 11.3 Å². The van der Waals surface area contributed by atoms with Crippen LogP contribution in [0.3, 0.4) is 0 Å². The van der Waals surface area contributed by atoms with Gasteiger partial charge in [-0.15, -0.1) is 11.3 Å². The van der Waals surface area contributed by atoms with Crippen LogP contribution in [0.5, 0.6) is 0 Å². The van der Waals surface area contributed by atoms with Crippen LogP contribution in [0.1, 0.15) is 23.1 Å². The van der Waals surface area contributed by atoms with Crippen molar-refractivity contribution in [2.75, 3.05) is 30.3 Å². The fraction of sp³-hybridized carbons (Fsp3) is 0.294. The lowest BCUT2D eigenvalue weighted by Gasteiger charge is -2.09. The molecule has 3 N–H and O–H groups in total. The number of aryl methyl sites for hydroxylation is 1. The molecular formula is C17H20N6O2S. The van der Waals surface area contributed by atoms with Crippen molar-refractivity contribution in [2.24, 2.45) is 0 Å². The predicted molar refractivity (Wildman–Crippen MR) is 102 cm³/mol. The summed E-state index contributed by atoms with van der Waals surface area (Å²) in [4.78, 5) is 21.7. The van der Waals surface area contributed by atoms with Crippen LogP contribution in [0.25, 0.3) is 10.6 Å². The van der Waals surface area contributed by atoms with Crippen molar-refractivity contribution < 1.29 is 9.32 Å². The summed E-state index contributed by atoms with van der Waals surface area (Å²) in [7, 11) is 0. The summed E-state index contributed by atoms with van der Waals surface area (Å²) in [6.45, 7) is 5.61. The molecule has 0 saturated carbocycles. The SMILES string of the molecule is CCNc1cc(C)nc(NCCNC(=O)c2cc(-c3cccs3)on2)n1. The van der Waals surface area contributed by atoms with Crippen molar-refractivity contribution in [1.82, 2.24) is 20.4 Å². The summed E-state index contributed by atoms with van der Waals surface area (Å²) in [5, 5.41) is 14.8. The lowest BCUT2D eigenvalue weighted by molar-refractivity contribution is 0.0946. The molecule has 0 radical (unpaired) electrons. The van der Waals surface area contributed by atoms with Gasteiger partial charge in [-0.25, -0.2) is 4.98 Å². The van der Waals surface area contributed by atoms with Crippen LogP contribution in [0.2, 0.25) is 0 Å². The van der Waals surface area contributed by atoms with Gasteiger partial charge in [0.15, 0.2) is 11.5 Å². The molecule has 3 aromatic rings. The minimum Gasteiger partial charge on any atom is -0.370 e. The zero-order chi connectivity index (χ0) is 18.4. The van der Waals surface area contributed by atoms with E-state index in [2.05, 4.69) is 31.1 Å². The highest BCUT2D eigenvalue weighted by molar-refractivity contribution is 7.13. The first-order valence-electron chi connectivity index (χ1n) is 8.28. The maximum absolute atomic E-state index is 12.1. The monoisotopic (exact) mass is 372 g/mol. The van der Waals surface area contributed by atoms with E-state index < -0.39 is 0 Å². The lowest BCUT2D eigenvalue weighted by Crippen LogP contribution is -2.29. The Balaban J connectivity index is 1.48. The molecule has 3 heterocycles. The Labute approximate surface area is 155 Å². The van der Waals surface area contributed by atoms with Gasteiger partial charge in [-0.1, -0.05) is 11.2 Å². The van der Waals surface area contributed by atoms with Gasteiger partial charge < -0.3 is 20.5 Å². The molecule has 0 spiro atoms. The maximum atomic E-state index is 12.1. The molecule has 0 fully saturated rings. The van der Waals surface area contributed by atoms with Crippen molar-refractivity contribution in [3.63, 3.8) is 0 Å². The Hall–Kier alpha value is -2.94. The van der Waals surface area contributed by atoms with Gasteiger partial charge in [-0.3, -0.25) is 4.79 Å². The minimum absolute atomic E-state index is 0.259. The summed E-state index contributed by atoms with van der Waals surface area (Å²) in [5.41, 5.74) is 1.13. The van der Waals surface area contributed by atoms with Crippen molar-refractivity contribution in [1.29, 1.82) is 0 Å². The molecule has 9 heteroatoms. The summed E-state index contributed by atoms with van der Waals surface area (Å²) in [5.74, 6) is 1.61. The van der Waals surface area contributed by atoms with Gasteiger partial charge in [0.2, 0.25) is 5.95 Å². The number of carbonyl (C=O) groups excluding carboxylic acids is 1. The fourth-order valence-electron chi connectivity index (χ4n) is 2.28. The highest BCUT2D eigenvalue weighted by Crippen LogP contribution is 2.24. The van der Waals surface area contributed by atoms with Gasteiger partial charge in [0.1, 0.15) is 5.82 Å². The third-order valence-corrected chi connectivity index (χ3v) is 4.30. The molecule has 0 atom stereocenters. The molecule has 0 bridgehead atoms. The Morgan fingerprint density at radius 2 is 2.12 bits per heavy atom. The van der Waals surface area contributed by atoms with E-state index >= 15 is 0 Å². The third-order valence-electron chi connectivity index (χ3n) is 3.41. The summed E-state index contributed by atoms with van der Waals surface area (Å²) in [6.07, 6.45) is 0. The molecule has 8 nitrogen and oxygen atoms in total. The van der Waals surface area contributed by atoms with Crippen LogP contribution in [0.15, 0.2) is 34.2 Å². The van der Waals surface area contributed by atoms with Gasteiger partial charge in [0.05, 0.1) is 4.88 Å². The topological polar surface area (TPSA) is 105 Å². The minimum atomic E-state index is -0.281. The Morgan fingerprint density at radius 1 is 1.23 bits per heavy atom. The van der Waals surface area contributed by atoms with Crippen LogP contribution in [0, 0.1) is 6.92 Å². The number of nitrogens with zero attached hydrogens (tertiary/aromatic N) is 3. The third kappa shape index (κ3) is 4.57. The molecule has 0 aliphatic rings. The van der Waals surface area contributed by atoms with Crippen molar-refractivity contribution in [3.8, 4) is 10.6 Å². The van der Waals surface area contributed by atoms with E-state index in [-0.39, 0.29) is 11.6 Å². The molecule has 0 aliphatic heterocycles. The standard InChI is InChI=1S/C17H20N6O2S/c1-3-18-15-9-11(2)21-17(22-15)20-7-6-19-16(24)12-10-13(25-23-12)14-5-4-8-26-14/h4-5,8-10H,3,6-7H2,1-2H3,(H,19,24)(H2,18,20,21,22). The van der Waals surface area contributed by atoms with E-state index in [4.69, 9.17) is 4.52 Å². The number of carbonyl (C=O) groups is 1. The van der Waals surface area contributed by atoms with Crippen LogP contribution < -0.4 is 16.0 Å². The summed E-state index contributed by atoms with van der Waals surface area (Å²) < 4.78 is 5.21. The van der Waals surface area contributed by atoms with Crippen molar-refractivity contribution in [3.05, 3.63) is 41.0 Å². The zero-order valence-corrected chi connectivity index (χ0v) is 15.4. The van der Waals surface area contributed by atoms with E-state index in [1.54, 1.807) is 6.07 Å². The second-order valence-electron chi connectivity index (χ2n) is 5.48. The van der Waals surface area contributed by atoms with Gasteiger partial charge in [-0.05, 0) is 25.3 Å². The molecule has 136 valence electrons. The second kappa shape index (κ2) is 8.43. The molecule has 1 amide bonds. The Bertz CT molecular complexity index is 862. The molecule has 0 unspecified atom stereocenters. The molecule has 26 heavy (non-hydrogen) atoms. The zero-order valence-electron chi connectivity index (χ0n) is 14.6. The van der Waals surface area contributed by atoms with Gasteiger partial charge in [-0.2, -0.15) is 4.98 Å². The highest BCUT2D eigenvalue weighted by Gasteiger charge is 2.13. The number of thiophene rings is 1. The number of aromatic nitrogens is 3. The van der Waals surface area contributed by atoms with Gasteiger partial charge in [0.25, 0.3) is 5.91 Å². The second-order valence-corrected chi connectivity index (χ2v) is 6.43. The van der Waals surface area contributed by atoms with Crippen molar-refractivity contribution in [2.45, 2.75) is 13.8 Å². The number of hydrogen-bond acceptors (Lipinski definition) is 8. The summed E-state index contributed by atoms with van der Waals surface area (Å²) in [6, 6.07) is 7.36. The van der Waals surface area contributed by atoms with Gasteiger partial charge in [0, 0.05) is 37.5 Å². The normalized spacial score (nSPS) is 10.5. The maximum Gasteiger partial charge on any atom is 0.273 e. The number of amides is 1. The molecule has 3 aromatic heterocycles. The van der Waals surface area contributed by atoms with Crippen molar-refractivity contribution >= 4 is 29.0 Å². The van der Waals surface area contributed by atoms with Crippen LogP contribution in [0.4, 0.5) is 11.8 Å². The van der Waals surface area contributed by atoms with E-state index in [0.717, 1.165) is 22.9 Å². The first-order valence-corrected chi connectivity index (χ1v) is 9.16. The van der Waals surface area contributed by atoms with E-state index in [1.165, 1.54) is 11.3 Å². The quantitative estimate of drug-likeness (QED) is 0.522. The summed E-state index contributed by atoms with van der Waals surface area (Å²) >= 11 is 1.53. The average molecular weight is 372 g/mol. The number of nitrogens with one attached hydrogen (secondary N) is 3. The Morgan fingerprint density at radius 3 is 2.88 bits per heavy atom. The average Bonchev–Trinajstić information content (AvgIpc) is 3.29. The van der Waals surface area contributed by atoms with E-state index in [9.17, 15) is 4.79 Å². The smallest absolute Gasteiger partial charge is 0.273 e. The Kier molecular flexibility index (Phi) is 5.80. The van der Waals surface area contributed by atoms with Crippen LogP contribution in [-0.4, -0.2) is 40.7 Å². The molecule has 0 aliphatic carbocycles. The first-order chi connectivity index (χ1) is 12.7. The van der Waals surface area contributed by atoms with E-state index in [0.29, 0.717) is 24.8 Å². The number of rotatable bonds is 8. The van der Waals surface area contributed by atoms with E-state index in [1.807, 2.05) is 37.4 Å². The molecule has 0 saturated heterocycles. The lowest BCUT2D eigenvalue weighted by atomic mass is 10.3. The predicted octanol–water partition coefficient (Wildman–Crippen LogP) is 2.78. The van der Waals surface area contributed by atoms with Gasteiger partial charge >= 0.3 is 0 Å². The molecule has 3 rings (SSSR count). The molecular weight excluding hydrogens is 352 g/mol. The molecule has 0 aromatic carbocycles. The fourth-order valence-corrected chi connectivity index (χ4v) is 2.95. The largest absolute Gasteiger partial charge is 0.370 e. The number of anilines is 2. The first kappa shape index (κ1) is 17.9. The number of hydrogen-bond donors (Lipinski definition) is 3. The van der Waals surface area contributed by atoms with Crippen LogP contribution in [-0.2, 0) is 0 Å². The highest BCUT2D eigenvalue weighted by atomic mass is 32.1.